The molecule has 0 aromatic heterocycles. The molecule has 0 aliphatic heterocycles. The van der Waals surface area contributed by atoms with Crippen LogP contribution in [-0.4, -0.2) is 12.1 Å². The van der Waals surface area contributed by atoms with E-state index in [0.29, 0.717) is 11.8 Å². The number of carbonyl (C=O) groups excluding carboxylic acids is 2. The van der Waals surface area contributed by atoms with E-state index < -0.39 is 5.78 Å². The van der Waals surface area contributed by atoms with Gasteiger partial charge in [-0.25, -0.2) is 0 Å². The minimum atomic E-state index is -0.475. The first-order valence-electron chi connectivity index (χ1n) is 5.71. The molecule has 3 aromatic rings. The maximum atomic E-state index is 11.7. The van der Waals surface area contributed by atoms with Gasteiger partial charge in [-0.05, 0) is 27.6 Å². The molecule has 86 valence electrons. The Hall–Kier alpha value is -2.48. The molecule has 18 heavy (non-hydrogen) atoms. The Morgan fingerprint density at radius 2 is 1.44 bits per heavy atom. The van der Waals surface area contributed by atoms with Gasteiger partial charge in [0.2, 0.25) is 5.78 Å². The average Bonchev–Trinajstić information content (AvgIpc) is 2.45. The van der Waals surface area contributed by atoms with Crippen molar-refractivity contribution in [1.29, 1.82) is 0 Å². The summed E-state index contributed by atoms with van der Waals surface area (Å²) in [5.74, 6) is -0.475. The van der Waals surface area contributed by atoms with Crippen molar-refractivity contribution in [3.8, 4) is 0 Å². The molecule has 0 unspecified atom stereocenters. The van der Waals surface area contributed by atoms with Crippen LogP contribution in [0.25, 0.3) is 21.5 Å². The van der Waals surface area contributed by atoms with Crippen LogP contribution in [0.1, 0.15) is 10.4 Å². The van der Waals surface area contributed by atoms with E-state index in [1.807, 2.05) is 48.5 Å². The van der Waals surface area contributed by atoms with E-state index in [1.54, 1.807) is 6.07 Å². The maximum Gasteiger partial charge on any atom is 0.226 e. The molecule has 2 heteroatoms. The first-order chi connectivity index (χ1) is 8.81. The highest BCUT2D eigenvalue weighted by molar-refractivity contribution is 6.37. The quantitative estimate of drug-likeness (QED) is 0.295. The van der Waals surface area contributed by atoms with Crippen LogP contribution in [0.4, 0.5) is 0 Å². The van der Waals surface area contributed by atoms with E-state index in [0.717, 1.165) is 21.5 Å². The van der Waals surface area contributed by atoms with Gasteiger partial charge in [-0.2, -0.15) is 0 Å². The summed E-state index contributed by atoms with van der Waals surface area (Å²) in [7, 11) is 0. The lowest BCUT2D eigenvalue weighted by Crippen LogP contribution is -2.01. The Balaban J connectivity index is 2.54. The van der Waals surface area contributed by atoms with Crippen molar-refractivity contribution in [2.45, 2.75) is 0 Å². The second-order valence-corrected chi connectivity index (χ2v) is 4.17. The minimum Gasteiger partial charge on any atom is -0.294 e. The van der Waals surface area contributed by atoms with Gasteiger partial charge in [0.05, 0.1) is 0 Å². The summed E-state index contributed by atoms with van der Waals surface area (Å²) in [6.07, 6.45) is 0.372. The molecule has 0 aliphatic carbocycles. The normalized spacial score (nSPS) is 10.7. The molecule has 2 nitrogen and oxygen atoms in total. The molecule has 0 spiro atoms. The van der Waals surface area contributed by atoms with Crippen molar-refractivity contribution in [3.05, 3.63) is 60.2 Å². The van der Waals surface area contributed by atoms with Crippen LogP contribution in [0.2, 0.25) is 0 Å². The van der Waals surface area contributed by atoms with Gasteiger partial charge in [0.1, 0.15) is 0 Å². The summed E-state index contributed by atoms with van der Waals surface area (Å²) in [5, 5.41) is 3.89. The predicted molar refractivity (Wildman–Crippen MR) is 71.8 cm³/mol. The zero-order valence-corrected chi connectivity index (χ0v) is 9.59. The number of hydrogen-bond donors (Lipinski definition) is 0. The third kappa shape index (κ3) is 1.51. The summed E-state index contributed by atoms with van der Waals surface area (Å²) in [4.78, 5) is 22.4. The number of carbonyl (C=O) groups is 2. The van der Waals surface area contributed by atoms with Gasteiger partial charge in [0.15, 0.2) is 6.29 Å². The summed E-state index contributed by atoms with van der Waals surface area (Å²) >= 11 is 0. The lowest BCUT2D eigenvalue weighted by atomic mass is 9.95. The third-order valence-electron chi connectivity index (χ3n) is 3.14. The Labute approximate surface area is 104 Å². The van der Waals surface area contributed by atoms with Crippen molar-refractivity contribution < 1.29 is 9.59 Å². The first kappa shape index (κ1) is 10.7. The van der Waals surface area contributed by atoms with Gasteiger partial charge in [-0.1, -0.05) is 48.5 Å². The molecule has 0 atom stereocenters. The summed E-state index contributed by atoms with van der Waals surface area (Å²) < 4.78 is 0. The van der Waals surface area contributed by atoms with E-state index in [2.05, 4.69) is 0 Å². The number of rotatable bonds is 2. The van der Waals surface area contributed by atoms with Gasteiger partial charge < -0.3 is 0 Å². The molecule has 0 bridgehead atoms. The van der Waals surface area contributed by atoms with Crippen LogP contribution in [-0.2, 0) is 4.79 Å². The van der Waals surface area contributed by atoms with E-state index >= 15 is 0 Å². The van der Waals surface area contributed by atoms with E-state index in [1.165, 1.54) is 0 Å². The van der Waals surface area contributed by atoms with Crippen molar-refractivity contribution >= 4 is 33.6 Å². The molecular weight excluding hydrogens is 224 g/mol. The van der Waals surface area contributed by atoms with Gasteiger partial charge in [-0.15, -0.1) is 0 Å². The van der Waals surface area contributed by atoms with Crippen LogP contribution in [0, 0.1) is 0 Å². The van der Waals surface area contributed by atoms with E-state index in [-0.39, 0.29) is 0 Å². The number of benzene rings is 3. The van der Waals surface area contributed by atoms with E-state index in [4.69, 9.17) is 0 Å². The highest BCUT2D eigenvalue weighted by Gasteiger charge is 2.11. The van der Waals surface area contributed by atoms with Gasteiger partial charge in [0.25, 0.3) is 0 Å². The molecule has 0 radical (unpaired) electrons. The second kappa shape index (κ2) is 4.08. The Kier molecular flexibility index (Phi) is 2.41. The minimum absolute atomic E-state index is 0.372. The van der Waals surface area contributed by atoms with Crippen molar-refractivity contribution in [1.82, 2.24) is 0 Å². The van der Waals surface area contributed by atoms with Crippen LogP contribution >= 0.6 is 0 Å². The van der Waals surface area contributed by atoms with Crippen molar-refractivity contribution in [2.24, 2.45) is 0 Å². The predicted octanol–water partition coefficient (Wildman–Crippen LogP) is 3.37. The highest BCUT2D eigenvalue weighted by Crippen LogP contribution is 2.28. The van der Waals surface area contributed by atoms with Gasteiger partial charge in [0, 0.05) is 5.56 Å². The van der Waals surface area contributed by atoms with Crippen LogP contribution in [0.5, 0.6) is 0 Å². The first-order valence-corrected chi connectivity index (χ1v) is 5.71. The fourth-order valence-electron chi connectivity index (χ4n) is 2.32. The molecule has 0 aliphatic rings. The standard InChI is InChI=1S/C16H10O2/c17-10-16(18)15-9-11-5-1-2-6-12(11)13-7-3-4-8-14(13)15/h1-10H. The molecule has 3 aromatic carbocycles. The number of aldehydes is 1. The second-order valence-electron chi connectivity index (χ2n) is 4.17. The van der Waals surface area contributed by atoms with Crippen LogP contribution in [0.15, 0.2) is 54.6 Å². The third-order valence-corrected chi connectivity index (χ3v) is 3.14. The summed E-state index contributed by atoms with van der Waals surface area (Å²) in [5.41, 5.74) is 0.472. The SMILES string of the molecule is O=CC(=O)c1cc2ccccc2c2ccccc12. The van der Waals surface area contributed by atoms with Crippen molar-refractivity contribution in [3.63, 3.8) is 0 Å². The fraction of sp³-hybridized carbons (Fsp3) is 0. The van der Waals surface area contributed by atoms with Gasteiger partial charge >= 0.3 is 0 Å². The number of Topliss-reactive ketones (excluding diaryl/α,β-unsaturated/α-hetero) is 1. The Bertz CT molecular complexity index is 772. The molecule has 0 saturated heterocycles. The largest absolute Gasteiger partial charge is 0.294 e. The maximum absolute atomic E-state index is 11.7. The zero-order chi connectivity index (χ0) is 12.5. The molecule has 0 amide bonds. The number of ketones is 1. The van der Waals surface area contributed by atoms with Crippen molar-refractivity contribution in [2.75, 3.05) is 0 Å². The highest BCUT2D eigenvalue weighted by atomic mass is 16.2. The average molecular weight is 234 g/mol. The topological polar surface area (TPSA) is 34.1 Å². The molecule has 3 rings (SSSR count). The molecule has 0 N–H and O–H groups in total. The fourth-order valence-corrected chi connectivity index (χ4v) is 2.32. The molecule has 0 fully saturated rings. The van der Waals surface area contributed by atoms with E-state index in [9.17, 15) is 9.59 Å². The summed E-state index contributed by atoms with van der Waals surface area (Å²) in [6.45, 7) is 0. The van der Waals surface area contributed by atoms with Gasteiger partial charge in [-0.3, -0.25) is 9.59 Å². The molecule has 0 saturated carbocycles. The van der Waals surface area contributed by atoms with Crippen LogP contribution < -0.4 is 0 Å². The summed E-state index contributed by atoms with van der Waals surface area (Å²) in [6, 6.07) is 17.3. The lowest BCUT2D eigenvalue weighted by molar-refractivity contribution is -0.104. The number of hydrogen-bond acceptors (Lipinski definition) is 2. The molecular formula is C16H10O2. The number of fused-ring (bicyclic) bond motifs is 3. The Morgan fingerprint density at radius 1 is 0.833 bits per heavy atom. The monoisotopic (exact) mass is 234 g/mol. The lowest BCUT2D eigenvalue weighted by Gasteiger charge is -2.07. The Morgan fingerprint density at radius 3 is 2.17 bits per heavy atom. The molecule has 0 heterocycles. The zero-order valence-electron chi connectivity index (χ0n) is 9.59. The smallest absolute Gasteiger partial charge is 0.226 e. The van der Waals surface area contributed by atoms with Crippen LogP contribution in [0.3, 0.4) is 0 Å².